The van der Waals surface area contributed by atoms with Crippen molar-refractivity contribution in [3.05, 3.63) is 0 Å². The normalized spacial score (nSPS) is 17.6. The van der Waals surface area contributed by atoms with E-state index in [2.05, 4.69) is 5.92 Å². The summed E-state index contributed by atoms with van der Waals surface area (Å²) in [6.07, 6.45) is 6.05. The van der Waals surface area contributed by atoms with Crippen LogP contribution in [0.1, 0.15) is 34.1 Å². The summed E-state index contributed by atoms with van der Waals surface area (Å²) in [4.78, 5) is 0. The topological polar surface area (TPSA) is 20.2 Å². The Morgan fingerprint density at radius 3 is 1.90 bits per heavy atom. The van der Waals surface area contributed by atoms with E-state index in [1.165, 1.54) is 0 Å². The predicted octanol–water partition coefficient (Wildman–Crippen LogP) is 1.81. The first-order valence-corrected chi connectivity index (χ1v) is 3.57. The van der Waals surface area contributed by atoms with Gasteiger partial charge in [-0.25, -0.2) is 0 Å². The summed E-state index contributed by atoms with van der Waals surface area (Å²) in [5, 5.41) is 9.61. The maximum Gasteiger partial charge on any atom is 0.127 e. The Labute approximate surface area is 63.5 Å². The first-order valence-electron chi connectivity index (χ1n) is 3.57. The Balaban J connectivity index is 4.49. The molecular weight excluding hydrogens is 124 g/mol. The van der Waals surface area contributed by atoms with Crippen molar-refractivity contribution >= 4 is 0 Å². The highest BCUT2D eigenvalue weighted by Crippen LogP contribution is 2.32. The van der Waals surface area contributed by atoms with Gasteiger partial charge in [0.1, 0.15) is 5.60 Å². The van der Waals surface area contributed by atoms with Gasteiger partial charge < -0.3 is 5.11 Å². The van der Waals surface area contributed by atoms with Gasteiger partial charge in [-0.15, -0.1) is 6.42 Å². The molecule has 1 N–H and O–H groups in total. The zero-order valence-electron chi connectivity index (χ0n) is 7.23. The highest BCUT2D eigenvalue weighted by Gasteiger charge is 2.35. The first kappa shape index (κ1) is 9.52. The molecule has 1 atom stereocenters. The highest BCUT2D eigenvalue weighted by molar-refractivity contribution is 5.11. The zero-order chi connectivity index (χ0) is 8.41. The number of aliphatic hydroxyl groups is 1. The summed E-state index contributed by atoms with van der Waals surface area (Å²) in [5.41, 5.74) is -1.18. The summed E-state index contributed by atoms with van der Waals surface area (Å²) in [6, 6.07) is 0. The van der Waals surface area contributed by atoms with Gasteiger partial charge in [-0.3, -0.25) is 0 Å². The molecule has 0 aliphatic heterocycles. The monoisotopic (exact) mass is 140 g/mol. The van der Waals surface area contributed by atoms with Gasteiger partial charge >= 0.3 is 0 Å². The van der Waals surface area contributed by atoms with Crippen molar-refractivity contribution in [2.24, 2.45) is 5.41 Å². The average Bonchev–Trinajstić information content (AvgIpc) is 1.88. The SMILES string of the molecule is C#CC(C)(O)C(C)(C)CC. The third-order valence-electron chi connectivity index (χ3n) is 2.48. The molecular formula is C9H16O. The lowest BCUT2D eigenvalue weighted by atomic mass is 9.75. The Morgan fingerprint density at radius 2 is 1.80 bits per heavy atom. The van der Waals surface area contributed by atoms with Crippen molar-refractivity contribution < 1.29 is 5.11 Å². The maximum absolute atomic E-state index is 9.61. The molecule has 0 aromatic carbocycles. The minimum absolute atomic E-state index is 0.193. The number of hydrogen-bond acceptors (Lipinski definition) is 1. The first-order chi connectivity index (χ1) is 4.37. The van der Waals surface area contributed by atoms with Gasteiger partial charge in [0.2, 0.25) is 0 Å². The Kier molecular flexibility index (Phi) is 2.51. The van der Waals surface area contributed by atoms with Gasteiger partial charge in [-0.1, -0.05) is 26.7 Å². The predicted molar refractivity (Wildman–Crippen MR) is 43.5 cm³/mol. The Bertz CT molecular complexity index is 149. The molecule has 0 saturated carbocycles. The molecule has 0 fully saturated rings. The smallest absolute Gasteiger partial charge is 0.127 e. The van der Waals surface area contributed by atoms with Crippen LogP contribution in [0.25, 0.3) is 0 Å². The largest absolute Gasteiger partial charge is 0.377 e. The van der Waals surface area contributed by atoms with Crippen LogP contribution in [0.15, 0.2) is 0 Å². The third-order valence-corrected chi connectivity index (χ3v) is 2.48. The molecule has 0 spiro atoms. The summed E-state index contributed by atoms with van der Waals surface area (Å²) in [6.45, 7) is 7.63. The Morgan fingerprint density at radius 1 is 1.40 bits per heavy atom. The lowest BCUT2D eigenvalue weighted by Crippen LogP contribution is -2.39. The lowest BCUT2D eigenvalue weighted by Gasteiger charge is -2.34. The van der Waals surface area contributed by atoms with Crippen LogP contribution in [0.3, 0.4) is 0 Å². The molecule has 0 aliphatic carbocycles. The standard InChI is InChI=1S/C9H16O/c1-6-8(3,4)9(5,10)7-2/h2,10H,6H2,1,3-5H3. The molecule has 1 heteroatoms. The maximum atomic E-state index is 9.61. The number of hydrogen-bond donors (Lipinski definition) is 1. The average molecular weight is 140 g/mol. The summed E-state index contributed by atoms with van der Waals surface area (Å²) >= 11 is 0. The number of terminal acetylenes is 1. The molecule has 1 unspecified atom stereocenters. The van der Waals surface area contributed by atoms with E-state index in [-0.39, 0.29) is 5.41 Å². The molecule has 0 radical (unpaired) electrons. The van der Waals surface area contributed by atoms with Crippen LogP contribution in [-0.4, -0.2) is 10.7 Å². The quantitative estimate of drug-likeness (QED) is 0.580. The fourth-order valence-electron chi connectivity index (χ4n) is 0.540. The minimum atomic E-state index is -0.984. The second-order valence-electron chi connectivity index (χ2n) is 3.45. The van der Waals surface area contributed by atoms with Crippen LogP contribution in [0, 0.1) is 17.8 Å². The van der Waals surface area contributed by atoms with Crippen LogP contribution < -0.4 is 0 Å². The van der Waals surface area contributed by atoms with Gasteiger partial charge in [-0.05, 0) is 13.3 Å². The molecule has 0 amide bonds. The van der Waals surface area contributed by atoms with Crippen LogP contribution in [-0.2, 0) is 0 Å². The van der Waals surface area contributed by atoms with E-state index in [1.807, 2.05) is 20.8 Å². The molecule has 58 valence electrons. The molecule has 0 aromatic rings. The van der Waals surface area contributed by atoms with Crippen molar-refractivity contribution in [3.63, 3.8) is 0 Å². The van der Waals surface area contributed by atoms with Gasteiger partial charge in [0.05, 0.1) is 0 Å². The molecule has 0 aliphatic rings. The number of rotatable bonds is 2. The molecule has 0 bridgehead atoms. The van der Waals surface area contributed by atoms with E-state index in [0.717, 1.165) is 6.42 Å². The van der Waals surface area contributed by atoms with Gasteiger partial charge in [0.15, 0.2) is 0 Å². The summed E-state index contributed by atoms with van der Waals surface area (Å²) in [5.74, 6) is 2.39. The zero-order valence-corrected chi connectivity index (χ0v) is 7.23. The molecule has 0 aromatic heterocycles. The van der Waals surface area contributed by atoms with E-state index in [9.17, 15) is 5.11 Å². The fourth-order valence-corrected chi connectivity index (χ4v) is 0.540. The van der Waals surface area contributed by atoms with Gasteiger partial charge in [0, 0.05) is 5.41 Å². The van der Waals surface area contributed by atoms with Gasteiger partial charge in [-0.2, -0.15) is 0 Å². The second kappa shape index (κ2) is 2.64. The van der Waals surface area contributed by atoms with Crippen molar-refractivity contribution in [1.29, 1.82) is 0 Å². The summed E-state index contributed by atoms with van der Waals surface area (Å²) < 4.78 is 0. The molecule has 10 heavy (non-hydrogen) atoms. The van der Waals surface area contributed by atoms with Crippen LogP contribution in [0.2, 0.25) is 0 Å². The van der Waals surface area contributed by atoms with Crippen molar-refractivity contribution in [2.45, 2.75) is 39.7 Å². The molecule has 0 saturated heterocycles. The summed E-state index contributed by atoms with van der Waals surface area (Å²) in [7, 11) is 0. The fraction of sp³-hybridized carbons (Fsp3) is 0.778. The van der Waals surface area contributed by atoms with E-state index >= 15 is 0 Å². The van der Waals surface area contributed by atoms with E-state index in [4.69, 9.17) is 6.42 Å². The van der Waals surface area contributed by atoms with Crippen molar-refractivity contribution in [3.8, 4) is 12.3 Å². The van der Waals surface area contributed by atoms with E-state index < -0.39 is 5.60 Å². The van der Waals surface area contributed by atoms with Crippen molar-refractivity contribution in [2.75, 3.05) is 0 Å². The third kappa shape index (κ3) is 1.52. The van der Waals surface area contributed by atoms with Crippen molar-refractivity contribution in [1.82, 2.24) is 0 Å². The second-order valence-corrected chi connectivity index (χ2v) is 3.45. The highest BCUT2D eigenvalue weighted by atomic mass is 16.3. The van der Waals surface area contributed by atoms with Crippen LogP contribution in [0.5, 0.6) is 0 Å². The molecule has 1 nitrogen and oxygen atoms in total. The van der Waals surface area contributed by atoms with E-state index in [0.29, 0.717) is 0 Å². The molecule has 0 rings (SSSR count). The van der Waals surface area contributed by atoms with Gasteiger partial charge in [0.25, 0.3) is 0 Å². The molecule has 0 heterocycles. The minimum Gasteiger partial charge on any atom is -0.377 e. The Hall–Kier alpha value is -0.480. The van der Waals surface area contributed by atoms with Crippen LogP contribution >= 0.6 is 0 Å². The lowest BCUT2D eigenvalue weighted by molar-refractivity contribution is -0.00112. The van der Waals surface area contributed by atoms with E-state index in [1.54, 1.807) is 6.92 Å². The van der Waals surface area contributed by atoms with Crippen LogP contribution in [0.4, 0.5) is 0 Å².